The van der Waals surface area contributed by atoms with Crippen molar-refractivity contribution in [2.75, 3.05) is 34.7 Å². The third-order valence-electron chi connectivity index (χ3n) is 8.71. The number of amides is 2. The van der Waals surface area contributed by atoms with Crippen LogP contribution in [0.2, 0.25) is 0 Å². The number of thiazole rings is 1. The van der Waals surface area contributed by atoms with Gasteiger partial charge < -0.3 is 9.80 Å². The number of hydrogen-bond donors (Lipinski definition) is 1. The van der Waals surface area contributed by atoms with Crippen LogP contribution in [0.1, 0.15) is 11.1 Å². The number of aromatic nitrogens is 1. The highest BCUT2D eigenvalue weighted by Gasteiger charge is 2.35. The minimum Gasteiger partial charge on any atom is -0.315 e. The average Bonchev–Trinajstić information content (AvgIpc) is 3.77. The maximum absolute atomic E-state index is 14.2. The Bertz CT molecular complexity index is 2410. The number of carbonyl (C=O) groups is 2. The average molecular weight is 833 g/mol. The summed E-state index contributed by atoms with van der Waals surface area (Å²) in [4.78, 5) is 34.3. The van der Waals surface area contributed by atoms with Gasteiger partial charge in [-0.2, -0.15) is 0 Å². The van der Waals surface area contributed by atoms with Gasteiger partial charge >= 0.3 is 0 Å². The standard InChI is InChI=1S/C37H32F4N4O6S4/c1-44(31-4-6-35-32(18-31)42-20-53-35)36(46)25(9-22-10-26(38)16-27(39)11-22)19-54(48,49)21-55(50,51)43-33(14-23-12-28(40)17-29(41)13-23)37(47)45(2)30-3-5-34-24(15-30)7-8-52-34/h3-8,10-13,15-18,20,25,33,43H,9,14,19,21H2,1-2H3/t25-,33+/m1/s1. The molecule has 2 atom stereocenters. The maximum Gasteiger partial charge on any atom is 0.245 e. The molecule has 0 aliphatic heterocycles. The Balaban J connectivity index is 1.27. The summed E-state index contributed by atoms with van der Waals surface area (Å²) in [6.45, 7) is 0. The number of halogens is 4. The van der Waals surface area contributed by atoms with Gasteiger partial charge in [0.05, 0.1) is 27.4 Å². The molecule has 6 rings (SSSR count). The Kier molecular flexibility index (Phi) is 11.7. The van der Waals surface area contributed by atoms with E-state index in [9.17, 15) is 44.0 Å². The van der Waals surface area contributed by atoms with Crippen molar-refractivity contribution in [1.29, 1.82) is 0 Å². The van der Waals surface area contributed by atoms with Crippen LogP contribution in [-0.4, -0.2) is 64.6 Å². The Morgan fingerprint density at radius 2 is 1.27 bits per heavy atom. The molecule has 6 aromatic rings. The first-order valence-corrected chi connectivity index (χ1v) is 21.6. The fourth-order valence-corrected chi connectivity index (χ4v) is 11.7. The van der Waals surface area contributed by atoms with Crippen LogP contribution >= 0.6 is 22.7 Å². The Labute approximate surface area is 322 Å². The number of hydrogen-bond acceptors (Lipinski definition) is 9. The smallest absolute Gasteiger partial charge is 0.245 e. The Morgan fingerprint density at radius 3 is 1.91 bits per heavy atom. The van der Waals surface area contributed by atoms with Crippen LogP contribution in [0.4, 0.5) is 28.9 Å². The van der Waals surface area contributed by atoms with E-state index in [0.717, 1.165) is 48.9 Å². The zero-order chi connectivity index (χ0) is 39.7. The lowest BCUT2D eigenvalue weighted by atomic mass is 9.99. The number of fused-ring (bicyclic) bond motifs is 2. The minimum absolute atomic E-state index is 0.0490. The fraction of sp³-hybridized carbons (Fsp3) is 0.216. The molecule has 0 aliphatic rings. The highest BCUT2D eigenvalue weighted by Crippen LogP contribution is 2.28. The van der Waals surface area contributed by atoms with E-state index in [1.807, 2.05) is 11.4 Å². The Morgan fingerprint density at radius 1 is 0.709 bits per heavy atom. The summed E-state index contributed by atoms with van der Waals surface area (Å²) in [7, 11) is -6.95. The molecule has 2 amide bonds. The van der Waals surface area contributed by atoms with Gasteiger partial charge in [-0.05, 0) is 101 Å². The summed E-state index contributed by atoms with van der Waals surface area (Å²) in [5.74, 6) is -8.13. The highest BCUT2D eigenvalue weighted by molar-refractivity contribution is 8.07. The van der Waals surface area contributed by atoms with Crippen LogP contribution < -0.4 is 14.5 Å². The summed E-state index contributed by atoms with van der Waals surface area (Å²) >= 11 is 2.83. The van der Waals surface area contributed by atoms with E-state index in [1.54, 1.807) is 41.9 Å². The van der Waals surface area contributed by atoms with Gasteiger partial charge in [0.15, 0.2) is 14.9 Å². The second-order valence-electron chi connectivity index (χ2n) is 12.9. The van der Waals surface area contributed by atoms with Crippen LogP contribution in [0.3, 0.4) is 0 Å². The molecule has 0 bridgehead atoms. The third kappa shape index (κ3) is 9.93. The van der Waals surface area contributed by atoms with Crippen molar-refractivity contribution in [3.05, 3.63) is 124 Å². The van der Waals surface area contributed by atoms with E-state index in [1.165, 1.54) is 36.8 Å². The first-order chi connectivity index (χ1) is 25.9. The molecule has 2 aromatic heterocycles. The molecule has 10 nitrogen and oxygen atoms in total. The van der Waals surface area contributed by atoms with Crippen molar-refractivity contribution in [3.63, 3.8) is 0 Å². The topological polar surface area (TPSA) is 134 Å². The van der Waals surface area contributed by atoms with E-state index >= 15 is 0 Å². The number of nitrogens with zero attached hydrogens (tertiary/aromatic N) is 3. The van der Waals surface area contributed by atoms with Crippen molar-refractivity contribution in [3.8, 4) is 0 Å². The molecule has 4 aromatic carbocycles. The molecule has 0 aliphatic carbocycles. The van der Waals surface area contributed by atoms with Crippen molar-refractivity contribution in [1.82, 2.24) is 9.71 Å². The molecule has 0 saturated heterocycles. The maximum atomic E-state index is 14.2. The Hall–Kier alpha value is -4.75. The SMILES string of the molecule is CN(C(=O)[C@H](Cc1cc(F)cc(F)c1)CS(=O)(=O)CS(=O)(=O)N[C@@H](Cc1cc(F)cc(F)c1)C(=O)N(C)c1ccc2sccc2c1)c1ccc2scnc2c1. The number of nitrogens with one attached hydrogen (secondary N) is 1. The first kappa shape index (κ1) is 39.9. The fourth-order valence-electron chi connectivity index (χ4n) is 6.20. The number of benzene rings is 4. The second-order valence-corrected chi connectivity index (χ2v) is 19.0. The summed E-state index contributed by atoms with van der Waals surface area (Å²) in [5.41, 5.74) is 2.74. The summed E-state index contributed by atoms with van der Waals surface area (Å²) < 4.78 is 115. The summed E-state index contributed by atoms with van der Waals surface area (Å²) in [6.07, 6.45) is -1.03. The monoisotopic (exact) mass is 832 g/mol. The van der Waals surface area contributed by atoms with E-state index in [2.05, 4.69) is 9.71 Å². The molecular formula is C37H32F4N4O6S4. The lowest BCUT2D eigenvalue weighted by Crippen LogP contribution is -2.50. The van der Waals surface area contributed by atoms with Gasteiger partial charge in [-0.25, -0.2) is 44.1 Å². The number of carbonyl (C=O) groups excluding carboxylic acids is 2. The molecule has 2 heterocycles. The summed E-state index contributed by atoms with van der Waals surface area (Å²) in [6, 6.07) is 15.0. The summed E-state index contributed by atoms with van der Waals surface area (Å²) in [5, 5.41) is 1.05. The van der Waals surface area contributed by atoms with Gasteiger partial charge in [0.1, 0.15) is 29.3 Å². The molecule has 0 fully saturated rings. The third-order valence-corrected chi connectivity index (χ3v) is 14.7. The first-order valence-electron chi connectivity index (χ1n) is 16.4. The molecule has 0 spiro atoms. The number of thiophene rings is 1. The zero-order valence-electron chi connectivity index (χ0n) is 29.1. The highest BCUT2D eigenvalue weighted by atomic mass is 32.3. The van der Waals surface area contributed by atoms with Gasteiger partial charge in [-0.1, -0.05) is 0 Å². The van der Waals surface area contributed by atoms with Crippen LogP contribution in [0.15, 0.2) is 89.8 Å². The lowest BCUT2D eigenvalue weighted by Gasteiger charge is -2.26. The number of likely N-dealkylation sites (N-methyl/N-ethyl adjacent to an activating group) is 1. The molecule has 288 valence electrons. The van der Waals surface area contributed by atoms with Crippen LogP contribution in [-0.2, 0) is 42.3 Å². The molecule has 18 heteroatoms. The van der Waals surface area contributed by atoms with Gasteiger partial charge in [-0.15, -0.1) is 22.7 Å². The van der Waals surface area contributed by atoms with Crippen molar-refractivity contribution in [2.24, 2.45) is 5.92 Å². The predicted octanol–water partition coefficient (Wildman–Crippen LogP) is 6.46. The molecule has 0 unspecified atom stereocenters. The molecule has 0 saturated carbocycles. The van der Waals surface area contributed by atoms with Crippen molar-refractivity contribution < 1.29 is 44.0 Å². The largest absolute Gasteiger partial charge is 0.315 e. The molecule has 0 radical (unpaired) electrons. The van der Waals surface area contributed by atoms with Crippen LogP contribution in [0.25, 0.3) is 20.3 Å². The van der Waals surface area contributed by atoms with E-state index in [4.69, 9.17) is 0 Å². The number of anilines is 2. The van der Waals surface area contributed by atoms with Gasteiger partial charge in [0.25, 0.3) is 0 Å². The van der Waals surface area contributed by atoms with Gasteiger partial charge in [-0.3, -0.25) is 9.59 Å². The van der Waals surface area contributed by atoms with Crippen LogP contribution in [0, 0.1) is 29.2 Å². The van der Waals surface area contributed by atoms with E-state index in [-0.39, 0.29) is 11.1 Å². The second kappa shape index (κ2) is 16.2. The molecule has 1 N–H and O–H groups in total. The van der Waals surface area contributed by atoms with Crippen LogP contribution in [0.5, 0.6) is 0 Å². The lowest BCUT2D eigenvalue weighted by molar-refractivity contribution is -0.121. The van der Waals surface area contributed by atoms with E-state index in [0.29, 0.717) is 29.0 Å². The van der Waals surface area contributed by atoms with Gasteiger partial charge in [0, 0.05) is 42.3 Å². The molecule has 55 heavy (non-hydrogen) atoms. The minimum atomic E-state index is -4.94. The van der Waals surface area contributed by atoms with Gasteiger partial charge in [0.2, 0.25) is 21.8 Å². The van der Waals surface area contributed by atoms with Crippen molar-refractivity contribution in [2.45, 2.75) is 18.9 Å². The molecular weight excluding hydrogens is 801 g/mol. The normalized spacial score (nSPS) is 13.2. The van der Waals surface area contributed by atoms with Crippen molar-refractivity contribution >= 4 is 86.0 Å². The number of sulfonamides is 1. The zero-order valence-corrected chi connectivity index (χ0v) is 32.3. The number of sulfone groups is 1. The predicted molar refractivity (Wildman–Crippen MR) is 206 cm³/mol. The number of rotatable bonds is 14. The quantitative estimate of drug-likeness (QED) is 0.125. The van der Waals surface area contributed by atoms with E-state index < -0.39 is 90.6 Å².